The summed E-state index contributed by atoms with van der Waals surface area (Å²) >= 11 is 1.10. The van der Waals surface area contributed by atoms with Crippen LogP contribution in [0, 0.1) is 6.92 Å². The molecular weight excluding hydrogens is 443 g/mol. The van der Waals surface area contributed by atoms with Gasteiger partial charge in [-0.05, 0) is 37.1 Å². The lowest BCUT2D eigenvalue weighted by Crippen LogP contribution is -2.43. The van der Waals surface area contributed by atoms with E-state index in [-0.39, 0.29) is 28.5 Å². The predicted molar refractivity (Wildman–Crippen MR) is 105 cm³/mol. The molecule has 1 atom stereocenters. The molecule has 30 heavy (non-hydrogen) atoms. The first-order valence-electron chi connectivity index (χ1n) is 8.70. The number of fused-ring (bicyclic) bond motifs is 1. The Morgan fingerprint density at radius 3 is 2.50 bits per heavy atom. The molecule has 0 saturated heterocycles. The average molecular weight is 461 g/mol. The van der Waals surface area contributed by atoms with Crippen molar-refractivity contribution in [3.63, 3.8) is 0 Å². The number of sulfone groups is 1. The molecule has 0 aliphatic carbocycles. The zero-order valence-electron chi connectivity index (χ0n) is 16.4. The minimum atomic E-state index is -4.65. The molecule has 2 heterocycles. The standard InChI is InChI=1S/C18H18F3N3O4S2/c1-8-15(29-17(22-8)23-10(3)25)11-5-12-7-24(9(2)18(19,20)21)16(26)14(12)13(6-11)30(4,27)28/h5-6,9H,7H2,1-4H3,(H,22,23,25)/t9-/m0/s1. The van der Waals surface area contributed by atoms with E-state index < -0.39 is 28.0 Å². The average Bonchev–Trinajstić information content (AvgIpc) is 3.11. The number of rotatable bonds is 4. The fourth-order valence-electron chi connectivity index (χ4n) is 3.22. The minimum Gasteiger partial charge on any atom is -0.322 e. The number of anilines is 1. The predicted octanol–water partition coefficient (Wildman–Crippen LogP) is 3.39. The summed E-state index contributed by atoms with van der Waals surface area (Å²) < 4.78 is 64.3. The zero-order chi connectivity index (χ0) is 22.6. The molecule has 162 valence electrons. The van der Waals surface area contributed by atoms with Gasteiger partial charge in [0.05, 0.1) is 21.0 Å². The van der Waals surface area contributed by atoms with E-state index >= 15 is 0 Å². The Morgan fingerprint density at radius 1 is 1.33 bits per heavy atom. The van der Waals surface area contributed by atoms with Crippen molar-refractivity contribution in [2.75, 3.05) is 11.6 Å². The maximum absolute atomic E-state index is 13.2. The fourth-order valence-corrected chi connectivity index (χ4v) is 5.15. The van der Waals surface area contributed by atoms with Crippen molar-refractivity contribution in [1.82, 2.24) is 9.88 Å². The number of alkyl halides is 3. The highest BCUT2D eigenvalue weighted by molar-refractivity contribution is 7.90. The second-order valence-electron chi connectivity index (χ2n) is 7.05. The van der Waals surface area contributed by atoms with Crippen LogP contribution in [0.25, 0.3) is 10.4 Å². The van der Waals surface area contributed by atoms with Crippen molar-refractivity contribution in [3.8, 4) is 10.4 Å². The Balaban J connectivity index is 2.16. The number of hydrogen-bond donors (Lipinski definition) is 1. The summed E-state index contributed by atoms with van der Waals surface area (Å²) in [5.74, 6) is -1.30. The summed E-state index contributed by atoms with van der Waals surface area (Å²) in [4.78, 5) is 29.0. The van der Waals surface area contributed by atoms with Gasteiger partial charge in [0.15, 0.2) is 15.0 Å². The molecule has 3 rings (SSSR count). The minimum absolute atomic E-state index is 0.197. The number of amides is 2. The Labute approximate surface area is 174 Å². The molecule has 0 bridgehead atoms. The molecule has 2 amide bonds. The number of halogens is 3. The van der Waals surface area contributed by atoms with Crippen LogP contribution >= 0.6 is 11.3 Å². The SMILES string of the molecule is CC(=O)Nc1nc(C)c(-c2cc3c(c(S(C)(=O)=O)c2)C(=O)N([C@@H](C)C(F)(F)F)C3)s1. The topological polar surface area (TPSA) is 96.4 Å². The number of nitrogens with one attached hydrogen (secondary N) is 1. The molecule has 0 radical (unpaired) electrons. The highest BCUT2D eigenvalue weighted by atomic mass is 32.2. The van der Waals surface area contributed by atoms with Crippen LogP contribution in [0.3, 0.4) is 0 Å². The first-order valence-corrected chi connectivity index (χ1v) is 11.4. The molecule has 7 nitrogen and oxygen atoms in total. The van der Waals surface area contributed by atoms with Crippen LogP contribution in [-0.4, -0.2) is 48.6 Å². The summed E-state index contributed by atoms with van der Waals surface area (Å²) in [5, 5.41) is 2.85. The normalized spacial score (nSPS) is 15.3. The number of thiazole rings is 1. The number of hydrogen-bond acceptors (Lipinski definition) is 6. The Bertz CT molecular complexity index is 1160. The third-order valence-electron chi connectivity index (χ3n) is 4.68. The monoisotopic (exact) mass is 461 g/mol. The van der Waals surface area contributed by atoms with Gasteiger partial charge in [-0.3, -0.25) is 9.59 Å². The Morgan fingerprint density at radius 2 is 1.97 bits per heavy atom. The number of carbonyl (C=O) groups excluding carboxylic acids is 2. The van der Waals surface area contributed by atoms with Crippen LogP contribution in [0.15, 0.2) is 17.0 Å². The lowest BCUT2D eigenvalue weighted by Gasteiger charge is -2.26. The molecule has 0 fully saturated rings. The van der Waals surface area contributed by atoms with E-state index in [4.69, 9.17) is 0 Å². The molecule has 0 spiro atoms. The molecule has 2 aromatic rings. The van der Waals surface area contributed by atoms with Crippen molar-refractivity contribution in [2.45, 2.75) is 44.4 Å². The zero-order valence-corrected chi connectivity index (χ0v) is 18.0. The summed E-state index contributed by atoms with van der Waals surface area (Å²) in [5.41, 5.74) is 0.868. The van der Waals surface area contributed by atoms with Crippen LogP contribution in [0.5, 0.6) is 0 Å². The second-order valence-corrected chi connectivity index (χ2v) is 10.0. The fraction of sp³-hybridized carbons (Fsp3) is 0.389. The van der Waals surface area contributed by atoms with Crippen molar-refractivity contribution in [2.24, 2.45) is 0 Å². The van der Waals surface area contributed by atoms with Crippen LogP contribution in [0.2, 0.25) is 0 Å². The van der Waals surface area contributed by atoms with Gasteiger partial charge in [-0.2, -0.15) is 13.2 Å². The number of nitrogens with zero attached hydrogens (tertiary/aromatic N) is 2. The van der Waals surface area contributed by atoms with Gasteiger partial charge < -0.3 is 10.2 Å². The van der Waals surface area contributed by atoms with Crippen molar-refractivity contribution < 1.29 is 31.2 Å². The van der Waals surface area contributed by atoms with Crippen molar-refractivity contribution in [1.29, 1.82) is 0 Å². The van der Waals surface area contributed by atoms with E-state index in [0.717, 1.165) is 24.5 Å². The van der Waals surface area contributed by atoms with E-state index in [2.05, 4.69) is 10.3 Å². The van der Waals surface area contributed by atoms with E-state index in [1.54, 1.807) is 6.92 Å². The molecule has 1 aliphatic heterocycles. The third kappa shape index (κ3) is 4.06. The number of carbonyl (C=O) groups is 2. The van der Waals surface area contributed by atoms with E-state index in [1.807, 2.05) is 0 Å². The first-order chi connectivity index (χ1) is 13.7. The van der Waals surface area contributed by atoms with E-state index in [0.29, 0.717) is 26.2 Å². The van der Waals surface area contributed by atoms with Crippen molar-refractivity contribution in [3.05, 3.63) is 29.0 Å². The van der Waals surface area contributed by atoms with Crippen LogP contribution in [0.1, 0.15) is 35.5 Å². The van der Waals surface area contributed by atoms with Gasteiger partial charge in [0.2, 0.25) is 5.91 Å². The molecule has 1 N–H and O–H groups in total. The van der Waals surface area contributed by atoms with E-state index in [9.17, 15) is 31.2 Å². The molecular formula is C18H18F3N3O4S2. The van der Waals surface area contributed by atoms with E-state index in [1.165, 1.54) is 19.1 Å². The van der Waals surface area contributed by atoms with Crippen LogP contribution < -0.4 is 5.32 Å². The molecule has 1 aliphatic rings. The first kappa shape index (κ1) is 22.2. The molecule has 1 aromatic heterocycles. The Hall–Kier alpha value is -2.47. The van der Waals surface area contributed by atoms with Crippen LogP contribution in [0.4, 0.5) is 18.3 Å². The maximum Gasteiger partial charge on any atom is 0.408 e. The lowest BCUT2D eigenvalue weighted by atomic mass is 10.0. The van der Waals surface area contributed by atoms with Gasteiger partial charge in [0, 0.05) is 19.7 Å². The Kier molecular flexibility index (Phi) is 5.44. The largest absolute Gasteiger partial charge is 0.408 e. The van der Waals surface area contributed by atoms with Gasteiger partial charge >= 0.3 is 6.18 Å². The van der Waals surface area contributed by atoms with Crippen LogP contribution in [-0.2, 0) is 21.2 Å². The molecule has 0 unspecified atom stereocenters. The summed E-state index contributed by atoms with van der Waals surface area (Å²) in [7, 11) is -3.92. The number of benzene rings is 1. The molecule has 12 heteroatoms. The second kappa shape index (κ2) is 7.34. The molecule has 1 aromatic carbocycles. The molecule has 0 saturated carbocycles. The highest BCUT2D eigenvalue weighted by Crippen LogP contribution is 2.40. The summed E-state index contributed by atoms with van der Waals surface area (Å²) in [6, 6.07) is 0.708. The third-order valence-corrected chi connectivity index (χ3v) is 6.92. The summed E-state index contributed by atoms with van der Waals surface area (Å²) in [6.45, 7) is 3.47. The number of aryl methyl sites for hydroxylation is 1. The summed E-state index contributed by atoms with van der Waals surface area (Å²) in [6.07, 6.45) is -3.74. The maximum atomic E-state index is 13.2. The van der Waals surface area contributed by atoms with Gasteiger partial charge in [0.25, 0.3) is 5.91 Å². The lowest BCUT2D eigenvalue weighted by molar-refractivity contribution is -0.172. The van der Waals surface area contributed by atoms with Gasteiger partial charge in [-0.1, -0.05) is 11.3 Å². The van der Waals surface area contributed by atoms with Gasteiger partial charge in [0.1, 0.15) is 6.04 Å². The smallest absolute Gasteiger partial charge is 0.322 e. The highest BCUT2D eigenvalue weighted by Gasteiger charge is 2.46. The number of aromatic nitrogens is 1. The van der Waals surface area contributed by atoms with Gasteiger partial charge in [-0.15, -0.1) is 0 Å². The van der Waals surface area contributed by atoms with Gasteiger partial charge in [-0.25, -0.2) is 13.4 Å². The quantitative estimate of drug-likeness (QED) is 0.753. The van der Waals surface area contributed by atoms with Crippen molar-refractivity contribution >= 4 is 38.1 Å².